The van der Waals surface area contributed by atoms with Gasteiger partial charge in [0.1, 0.15) is 12.1 Å². The molecule has 3 rings (SSSR count). The van der Waals surface area contributed by atoms with Gasteiger partial charge in [-0.3, -0.25) is 14.4 Å². The van der Waals surface area contributed by atoms with Crippen LogP contribution in [0.2, 0.25) is 0 Å². The number of nitrogens with zero attached hydrogens (tertiary/aromatic N) is 2. The van der Waals surface area contributed by atoms with Gasteiger partial charge in [-0.15, -0.1) is 0 Å². The number of amides is 3. The Hall–Kier alpha value is -3.20. The zero-order valence-corrected chi connectivity index (χ0v) is 16.1. The van der Waals surface area contributed by atoms with Crippen molar-refractivity contribution in [2.24, 2.45) is 11.5 Å². The molecule has 1 aromatic heterocycles. The number of benzene rings is 1. The molecule has 1 aliphatic rings. The van der Waals surface area contributed by atoms with Crippen LogP contribution in [0.15, 0.2) is 42.9 Å². The number of hydrogen-bond donors (Lipinski definition) is 4. The standard InChI is InChI=1S/C20H26N6O3/c21-15(9-13-5-2-1-3-6-13)19(28)25-16(10-14-11-23-12-24-14)20(29)26-8-4-7-17(26)18(22)27/h1-3,5-6,11-12,15-17H,4,7-10,21H2,(H2,22,27)(H,23,24)(H,25,28)/t15-,16+,17-/m1/s1. The highest BCUT2D eigenvalue weighted by atomic mass is 16.2. The van der Waals surface area contributed by atoms with Crippen molar-refractivity contribution in [3.63, 3.8) is 0 Å². The molecule has 0 spiro atoms. The highest BCUT2D eigenvalue weighted by molar-refractivity contribution is 5.93. The van der Waals surface area contributed by atoms with Crippen molar-refractivity contribution in [1.82, 2.24) is 20.2 Å². The number of nitrogens with one attached hydrogen (secondary N) is 2. The molecule has 1 saturated heterocycles. The minimum atomic E-state index is -0.871. The number of carbonyl (C=O) groups is 3. The number of hydrogen-bond acceptors (Lipinski definition) is 5. The van der Waals surface area contributed by atoms with Gasteiger partial charge in [0.05, 0.1) is 12.4 Å². The van der Waals surface area contributed by atoms with E-state index in [1.807, 2.05) is 30.3 Å². The van der Waals surface area contributed by atoms with Gasteiger partial charge in [-0.25, -0.2) is 4.98 Å². The van der Waals surface area contributed by atoms with E-state index in [4.69, 9.17) is 11.5 Å². The summed E-state index contributed by atoms with van der Waals surface area (Å²) in [4.78, 5) is 45.9. The zero-order chi connectivity index (χ0) is 20.8. The minimum absolute atomic E-state index is 0.213. The van der Waals surface area contributed by atoms with Crippen molar-refractivity contribution in [3.8, 4) is 0 Å². The van der Waals surface area contributed by atoms with Gasteiger partial charge in [-0.1, -0.05) is 30.3 Å². The Bertz CT molecular complexity index is 839. The summed E-state index contributed by atoms with van der Waals surface area (Å²) < 4.78 is 0. The number of nitrogens with two attached hydrogens (primary N) is 2. The van der Waals surface area contributed by atoms with Crippen molar-refractivity contribution in [2.45, 2.75) is 43.8 Å². The third kappa shape index (κ3) is 5.20. The molecule has 2 aromatic rings. The van der Waals surface area contributed by atoms with Crippen LogP contribution >= 0.6 is 0 Å². The Kier molecular flexibility index (Phi) is 6.61. The first kappa shape index (κ1) is 20.5. The van der Waals surface area contributed by atoms with Crippen molar-refractivity contribution < 1.29 is 14.4 Å². The van der Waals surface area contributed by atoms with E-state index >= 15 is 0 Å². The second-order valence-corrected chi connectivity index (χ2v) is 7.23. The van der Waals surface area contributed by atoms with Crippen molar-refractivity contribution in [1.29, 1.82) is 0 Å². The lowest BCUT2D eigenvalue weighted by molar-refractivity contribution is -0.140. The number of rotatable bonds is 8. The van der Waals surface area contributed by atoms with Crippen LogP contribution in [0.4, 0.5) is 0 Å². The average Bonchev–Trinajstić information content (AvgIpc) is 3.39. The molecule has 0 saturated carbocycles. The summed E-state index contributed by atoms with van der Waals surface area (Å²) in [6, 6.07) is 7.10. The molecule has 1 fully saturated rings. The largest absolute Gasteiger partial charge is 0.368 e. The van der Waals surface area contributed by atoms with E-state index in [9.17, 15) is 14.4 Å². The van der Waals surface area contributed by atoms with Gasteiger partial charge >= 0.3 is 0 Å². The maximum atomic E-state index is 13.1. The fourth-order valence-electron chi connectivity index (χ4n) is 3.58. The SMILES string of the molecule is NC(=O)[C@H]1CCCN1C(=O)[C@H](Cc1cnc[nH]1)NC(=O)[C@H](N)Cc1ccccc1. The number of carbonyl (C=O) groups excluding carboxylic acids is 3. The first-order valence-electron chi connectivity index (χ1n) is 9.62. The summed E-state index contributed by atoms with van der Waals surface area (Å²) in [6.45, 7) is 0.428. The van der Waals surface area contributed by atoms with Gasteiger partial charge in [0.25, 0.3) is 0 Å². The van der Waals surface area contributed by atoms with Crippen LogP contribution in [0.5, 0.6) is 0 Å². The van der Waals surface area contributed by atoms with Crippen LogP contribution in [-0.2, 0) is 27.2 Å². The highest BCUT2D eigenvalue weighted by Crippen LogP contribution is 2.19. The van der Waals surface area contributed by atoms with E-state index in [1.165, 1.54) is 11.2 Å². The zero-order valence-electron chi connectivity index (χ0n) is 16.1. The van der Waals surface area contributed by atoms with Gasteiger partial charge in [-0.2, -0.15) is 0 Å². The molecule has 1 aromatic carbocycles. The lowest BCUT2D eigenvalue weighted by Crippen LogP contribution is -2.56. The van der Waals surface area contributed by atoms with Gasteiger partial charge in [0, 0.05) is 24.9 Å². The molecule has 0 unspecified atom stereocenters. The predicted molar refractivity (Wildman–Crippen MR) is 106 cm³/mol. The van der Waals surface area contributed by atoms with E-state index in [1.54, 1.807) is 6.20 Å². The smallest absolute Gasteiger partial charge is 0.246 e. The van der Waals surface area contributed by atoms with Crippen molar-refractivity contribution >= 4 is 17.7 Å². The Morgan fingerprint density at radius 2 is 2.00 bits per heavy atom. The number of primary amides is 1. The molecule has 9 heteroatoms. The first-order chi connectivity index (χ1) is 14.0. The lowest BCUT2D eigenvalue weighted by atomic mass is 10.0. The van der Waals surface area contributed by atoms with Crippen LogP contribution in [0.1, 0.15) is 24.1 Å². The summed E-state index contributed by atoms with van der Waals surface area (Å²) in [5, 5.41) is 2.76. The molecule has 0 radical (unpaired) electrons. The van der Waals surface area contributed by atoms with Crippen LogP contribution in [0.25, 0.3) is 0 Å². The van der Waals surface area contributed by atoms with E-state index in [-0.39, 0.29) is 12.3 Å². The third-order valence-electron chi connectivity index (χ3n) is 5.09. The van der Waals surface area contributed by atoms with Gasteiger partial charge in [0.15, 0.2) is 0 Å². The van der Waals surface area contributed by atoms with Gasteiger partial charge in [0.2, 0.25) is 17.7 Å². The molecular formula is C20H26N6O3. The molecule has 1 aliphatic heterocycles. The Morgan fingerprint density at radius 1 is 1.24 bits per heavy atom. The summed E-state index contributed by atoms with van der Waals surface area (Å²) in [7, 11) is 0. The van der Waals surface area contributed by atoms with Gasteiger partial charge < -0.3 is 26.7 Å². The van der Waals surface area contributed by atoms with E-state index in [0.717, 1.165) is 5.56 Å². The van der Waals surface area contributed by atoms with Gasteiger partial charge in [-0.05, 0) is 24.8 Å². The molecule has 29 heavy (non-hydrogen) atoms. The number of likely N-dealkylation sites (tertiary alicyclic amines) is 1. The molecule has 6 N–H and O–H groups in total. The van der Waals surface area contributed by atoms with Crippen molar-refractivity contribution in [2.75, 3.05) is 6.54 Å². The van der Waals surface area contributed by atoms with Crippen LogP contribution < -0.4 is 16.8 Å². The molecule has 0 bridgehead atoms. The quantitative estimate of drug-likeness (QED) is 0.472. The monoisotopic (exact) mass is 398 g/mol. The second kappa shape index (κ2) is 9.33. The minimum Gasteiger partial charge on any atom is -0.368 e. The lowest BCUT2D eigenvalue weighted by Gasteiger charge is -2.28. The molecule has 0 aliphatic carbocycles. The van der Waals surface area contributed by atoms with Crippen molar-refractivity contribution in [3.05, 3.63) is 54.1 Å². The Balaban J connectivity index is 1.72. The molecule has 2 heterocycles. The normalized spacial score (nSPS) is 18.2. The third-order valence-corrected chi connectivity index (χ3v) is 5.09. The Labute approximate surface area is 168 Å². The molecule has 9 nitrogen and oxygen atoms in total. The maximum absolute atomic E-state index is 13.1. The molecule has 3 amide bonds. The van der Waals surface area contributed by atoms with E-state index in [2.05, 4.69) is 15.3 Å². The Morgan fingerprint density at radius 3 is 2.66 bits per heavy atom. The average molecular weight is 398 g/mol. The summed E-state index contributed by atoms with van der Waals surface area (Å²) in [6.07, 6.45) is 4.88. The van der Waals surface area contributed by atoms with Crippen LogP contribution in [0, 0.1) is 0 Å². The number of imidazole rings is 1. The summed E-state index contributed by atoms with van der Waals surface area (Å²) in [5.41, 5.74) is 13.1. The predicted octanol–water partition coefficient (Wildman–Crippen LogP) is -0.517. The summed E-state index contributed by atoms with van der Waals surface area (Å²) >= 11 is 0. The highest BCUT2D eigenvalue weighted by Gasteiger charge is 2.37. The van der Waals surface area contributed by atoms with E-state index in [0.29, 0.717) is 31.5 Å². The number of aromatic nitrogens is 2. The second-order valence-electron chi connectivity index (χ2n) is 7.23. The number of aromatic amines is 1. The topological polar surface area (TPSA) is 147 Å². The molecule has 3 atom stereocenters. The maximum Gasteiger partial charge on any atom is 0.246 e. The van der Waals surface area contributed by atoms with Crippen LogP contribution in [0.3, 0.4) is 0 Å². The fraction of sp³-hybridized carbons (Fsp3) is 0.400. The van der Waals surface area contributed by atoms with E-state index < -0.39 is 29.9 Å². The van der Waals surface area contributed by atoms with Crippen LogP contribution in [-0.4, -0.2) is 57.3 Å². The number of H-pyrrole nitrogens is 1. The summed E-state index contributed by atoms with van der Waals surface area (Å²) in [5.74, 6) is -1.31. The first-order valence-corrected chi connectivity index (χ1v) is 9.62. The fourth-order valence-corrected chi connectivity index (χ4v) is 3.58. The molecular weight excluding hydrogens is 372 g/mol. The molecule has 154 valence electrons.